The van der Waals surface area contributed by atoms with Gasteiger partial charge in [0.15, 0.2) is 0 Å². The maximum absolute atomic E-state index is 13.2. The molecule has 0 bridgehead atoms. The minimum absolute atomic E-state index is 0.0689. The Morgan fingerprint density at radius 2 is 2.00 bits per heavy atom. The van der Waals surface area contributed by atoms with Gasteiger partial charge in [-0.05, 0) is 49.5 Å². The average Bonchev–Trinajstić information content (AvgIpc) is 3.18. The number of likely N-dealkylation sites (tertiary alicyclic amines) is 1. The number of nitrogens with zero attached hydrogens (tertiary/aromatic N) is 1. The van der Waals surface area contributed by atoms with Gasteiger partial charge in [-0.25, -0.2) is 0 Å². The van der Waals surface area contributed by atoms with Gasteiger partial charge in [-0.15, -0.1) is 11.3 Å². The lowest BCUT2D eigenvalue weighted by Gasteiger charge is -2.38. The molecule has 1 saturated heterocycles. The molecule has 1 aromatic heterocycles. The van der Waals surface area contributed by atoms with E-state index in [1.54, 1.807) is 17.4 Å². The Balaban J connectivity index is 1.73. The van der Waals surface area contributed by atoms with Gasteiger partial charge in [0.2, 0.25) is 0 Å². The number of halogens is 3. The number of para-hydroxylation sites is 1. The second kappa shape index (κ2) is 9.11. The van der Waals surface area contributed by atoms with Gasteiger partial charge in [0, 0.05) is 23.3 Å². The molecule has 0 saturated carbocycles. The summed E-state index contributed by atoms with van der Waals surface area (Å²) in [4.78, 5) is 3.74. The predicted molar refractivity (Wildman–Crippen MR) is 103 cm³/mol. The van der Waals surface area contributed by atoms with E-state index in [1.165, 1.54) is 17.0 Å². The maximum Gasteiger partial charge on any atom is 0.419 e. The molecule has 148 valence electrons. The number of ether oxygens (including phenoxy) is 1. The Morgan fingerprint density at radius 3 is 2.70 bits per heavy atom. The van der Waals surface area contributed by atoms with E-state index in [2.05, 4.69) is 23.3 Å². The monoisotopic (exact) mass is 397 g/mol. The van der Waals surface area contributed by atoms with Gasteiger partial charge in [0.25, 0.3) is 0 Å². The number of thiophene rings is 1. The van der Waals surface area contributed by atoms with E-state index in [4.69, 9.17) is 4.74 Å². The first-order chi connectivity index (χ1) is 13.0. The Labute approximate surface area is 163 Å². The standard InChI is InChI=1S/C21H26F3NOS/c1-2-3-11-25-12-10-17(20-9-6-13-27-20)16(14-25)15-26-19-8-5-4-7-18(19)21(22,23)24/h4-9,13,16-17H,2-3,10-12,14-15H2,1H3. The Bertz CT molecular complexity index is 702. The fourth-order valence-electron chi connectivity index (χ4n) is 3.76. The number of hydrogen-bond acceptors (Lipinski definition) is 3. The zero-order valence-electron chi connectivity index (χ0n) is 15.5. The Hall–Kier alpha value is -1.53. The smallest absolute Gasteiger partial charge is 0.419 e. The van der Waals surface area contributed by atoms with E-state index >= 15 is 0 Å². The Kier molecular flexibility index (Phi) is 6.82. The first kappa shape index (κ1) is 20.2. The second-order valence-electron chi connectivity index (χ2n) is 7.13. The van der Waals surface area contributed by atoms with Crippen LogP contribution in [0, 0.1) is 5.92 Å². The third-order valence-electron chi connectivity index (χ3n) is 5.20. The molecule has 2 atom stereocenters. The van der Waals surface area contributed by atoms with Crippen LogP contribution in [0.1, 0.15) is 42.5 Å². The molecular formula is C21H26F3NOS. The van der Waals surface area contributed by atoms with Crippen molar-refractivity contribution in [3.05, 3.63) is 52.2 Å². The van der Waals surface area contributed by atoms with Crippen LogP contribution >= 0.6 is 11.3 Å². The van der Waals surface area contributed by atoms with Crippen molar-refractivity contribution in [2.24, 2.45) is 5.92 Å². The largest absolute Gasteiger partial charge is 0.493 e. The topological polar surface area (TPSA) is 12.5 Å². The summed E-state index contributed by atoms with van der Waals surface area (Å²) < 4.78 is 45.4. The molecule has 2 aromatic rings. The van der Waals surface area contributed by atoms with Crippen molar-refractivity contribution in [3.63, 3.8) is 0 Å². The normalized spacial score (nSPS) is 21.3. The van der Waals surface area contributed by atoms with Crippen LogP contribution in [-0.4, -0.2) is 31.1 Å². The lowest BCUT2D eigenvalue weighted by atomic mass is 9.84. The highest BCUT2D eigenvalue weighted by Gasteiger charge is 2.35. The molecular weight excluding hydrogens is 371 g/mol. The fraction of sp³-hybridized carbons (Fsp3) is 0.524. The molecule has 2 unspecified atom stereocenters. The number of piperidine rings is 1. The van der Waals surface area contributed by atoms with Crippen LogP contribution in [0.3, 0.4) is 0 Å². The summed E-state index contributed by atoms with van der Waals surface area (Å²) >= 11 is 1.73. The highest BCUT2D eigenvalue weighted by molar-refractivity contribution is 7.10. The SMILES string of the molecule is CCCCN1CCC(c2cccs2)C(COc2ccccc2C(F)(F)F)C1. The second-order valence-corrected chi connectivity index (χ2v) is 8.11. The summed E-state index contributed by atoms with van der Waals surface area (Å²) in [5.41, 5.74) is -0.698. The fourth-order valence-corrected chi connectivity index (χ4v) is 4.72. The highest BCUT2D eigenvalue weighted by atomic mass is 32.1. The van der Waals surface area contributed by atoms with Gasteiger partial charge < -0.3 is 9.64 Å². The molecule has 2 nitrogen and oxygen atoms in total. The quantitative estimate of drug-likeness (QED) is 0.564. The third-order valence-corrected chi connectivity index (χ3v) is 6.20. The Morgan fingerprint density at radius 1 is 1.19 bits per heavy atom. The van der Waals surface area contributed by atoms with Crippen LogP contribution in [0.25, 0.3) is 0 Å². The molecule has 0 spiro atoms. The third kappa shape index (κ3) is 5.26. The van der Waals surface area contributed by atoms with E-state index in [0.717, 1.165) is 45.0 Å². The summed E-state index contributed by atoms with van der Waals surface area (Å²) in [6.45, 7) is 5.43. The van der Waals surface area contributed by atoms with Crippen LogP contribution in [0.5, 0.6) is 5.75 Å². The van der Waals surface area contributed by atoms with E-state index in [0.29, 0.717) is 12.5 Å². The number of alkyl halides is 3. The van der Waals surface area contributed by atoms with Gasteiger partial charge >= 0.3 is 6.18 Å². The highest BCUT2D eigenvalue weighted by Crippen LogP contribution is 2.39. The molecule has 3 rings (SSSR count). The van der Waals surface area contributed by atoms with E-state index < -0.39 is 11.7 Å². The van der Waals surface area contributed by atoms with Crippen molar-refractivity contribution in [2.45, 2.75) is 38.3 Å². The molecule has 0 radical (unpaired) electrons. The lowest BCUT2D eigenvalue weighted by Crippen LogP contribution is -2.42. The van der Waals surface area contributed by atoms with Crippen molar-refractivity contribution in [1.82, 2.24) is 4.90 Å². The van der Waals surface area contributed by atoms with Gasteiger partial charge in [0.05, 0.1) is 12.2 Å². The summed E-state index contributed by atoms with van der Waals surface area (Å²) in [6, 6.07) is 9.67. The molecule has 1 aliphatic heterocycles. The molecule has 0 amide bonds. The van der Waals surface area contributed by atoms with Gasteiger partial charge in [-0.3, -0.25) is 0 Å². The van der Waals surface area contributed by atoms with Crippen LogP contribution in [-0.2, 0) is 6.18 Å². The maximum atomic E-state index is 13.2. The van der Waals surface area contributed by atoms with Crippen LogP contribution in [0.15, 0.2) is 41.8 Å². The summed E-state index contributed by atoms with van der Waals surface area (Å²) in [5, 5.41) is 2.07. The summed E-state index contributed by atoms with van der Waals surface area (Å²) in [5.74, 6) is 0.470. The van der Waals surface area contributed by atoms with E-state index in [-0.39, 0.29) is 11.7 Å². The predicted octanol–water partition coefficient (Wildman–Crippen LogP) is 6.05. The molecule has 27 heavy (non-hydrogen) atoms. The molecule has 1 aromatic carbocycles. The minimum Gasteiger partial charge on any atom is -0.493 e. The van der Waals surface area contributed by atoms with Crippen LogP contribution in [0.2, 0.25) is 0 Å². The van der Waals surface area contributed by atoms with Crippen molar-refractivity contribution in [1.29, 1.82) is 0 Å². The first-order valence-electron chi connectivity index (χ1n) is 9.53. The molecule has 6 heteroatoms. The summed E-state index contributed by atoms with van der Waals surface area (Å²) in [7, 11) is 0. The molecule has 0 N–H and O–H groups in total. The van der Waals surface area contributed by atoms with Crippen molar-refractivity contribution in [3.8, 4) is 5.75 Å². The number of hydrogen-bond donors (Lipinski definition) is 0. The summed E-state index contributed by atoms with van der Waals surface area (Å²) in [6.07, 6.45) is -1.08. The van der Waals surface area contributed by atoms with Gasteiger partial charge in [0.1, 0.15) is 5.75 Å². The molecule has 0 aliphatic carbocycles. The number of benzene rings is 1. The van der Waals surface area contributed by atoms with Gasteiger partial charge in [-0.1, -0.05) is 31.5 Å². The molecule has 2 heterocycles. The minimum atomic E-state index is -4.40. The van der Waals surface area contributed by atoms with Crippen molar-refractivity contribution in [2.75, 3.05) is 26.2 Å². The van der Waals surface area contributed by atoms with E-state index in [9.17, 15) is 13.2 Å². The van der Waals surface area contributed by atoms with E-state index in [1.807, 2.05) is 6.07 Å². The zero-order valence-corrected chi connectivity index (χ0v) is 16.4. The molecule has 1 fully saturated rings. The molecule has 1 aliphatic rings. The first-order valence-corrected chi connectivity index (χ1v) is 10.4. The van der Waals surface area contributed by atoms with Gasteiger partial charge in [-0.2, -0.15) is 13.2 Å². The zero-order chi connectivity index (χ0) is 19.3. The van der Waals surface area contributed by atoms with Crippen molar-refractivity contribution >= 4 is 11.3 Å². The number of rotatable bonds is 7. The number of unbranched alkanes of at least 4 members (excludes halogenated alkanes) is 1. The average molecular weight is 398 g/mol. The van der Waals surface area contributed by atoms with Crippen LogP contribution in [0.4, 0.5) is 13.2 Å². The van der Waals surface area contributed by atoms with Crippen LogP contribution < -0.4 is 4.74 Å². The lowest BCUT2D eigenvalue weighted by molar-refractivity contribution is -0.139. The van der Waals surface area contributed by atoms with Crippen molar-refractivity contribution < 1.29 is 17.9 Å².